The van der Waals surface area contributed by atoms with Gasteiger partial charge in [-0.3, -0.25) is 4.98 Å². The number of hydrogen-bond acceptors (Lipinski definition) is 5. The van der Waals surface area contributed by atoms with Crippen molar-refractivity contribution >= 4 is 5.78 Å². The van der Waals surface area contributed by atoms with Crippen LogP contribution in [0.3, 0.4) is 0 Å². The highest BCUT2D eigenvalue weighted by Gasteiger charge is 2.08. The molecule has 3 aromatic heterocycles. The Bertz CT molecular complexity index is 645. The molecule has 3 rings (SSSR count). The van der Waals surface area contributed by atoms with Crippen LogP contribution in [0.1, 0.15) is 5.69 Å². The summed E-state index contributed by atoms with van der Waals surface area (Å²) in [6.07, 6.45) is 5.10. The van der Waals surface area contributed by atoms with Crippen LogP contribution in [-0.2, 0) is 6.54 Å². The van der Waals surface area contributed by atoms with Crippen molar-refractivity contribution in [2.75, 3.05) is 0 Å². The van der Waals surface area contributed by atoms with Gasteiger partial charge in [0.2, 0.25) is 0 Å². The van der Waals surface area contributed by atoms with Crippen LogP contribution in [0.25, 0.3) is 17.2 Å². The van der Waals surface area contributed by atoms with Gasteiger partial charge < -0.3 is 5.73 Å². The van der Waals surface area contributed by atoms with E-state index >= 15 is 0 Å². The lowest BCUT2D eigenvalue weighted by Crippen LogP contribution is -2.05. The first-order chi connectivity index (χ1) is 8.38. The monoisotopic (exact) mass is 226 g/mol. The van der Waals surface area contributed by atoms with E-state index in [2.05, 4.69) is 20.1 Å². The molecule has 0 radical (unpaired) electrons. The molecule has 0 aliphatic carbocycles. The molecule has 2 N–H and O–H groups in total. The van der Waals surface area contributed by atoms with Gasteiger partial charge in [0.25, 0.3) is 5.78 Å². The van der Waals surface area contributed by atoms with Gasteiger partial charge in [-0.1, -0.05) is 0 Å². The SMILES string of the molecule is NCc1ccnc2nc(-c3ccncc3)nn12. The molecule has 0 fully saturated rings. The molecule has 6 heteroatoms. The Morgan fingerprint density at radius 3 is 2.71 bits per heavy atom. The zero-order valence-corrected chi connectivity index (χ0v) is 8.98. The van der Waals surface area contributed by atoms with Crippen LogP contribution < -0.4 is 5.73 Å². The van der Waals surface area contributed by atoms with E-state index in [4.69, 9.17) is 5.73 Å². The van der Waals surface area contributed by atoms with Gasteiger partial charge in [0.15, 0.2) is 5.82 Å². The fourth-order valence-corrected chi connectivity index (χ4v) is 1.62. The maximum atomic E-state index is 5.64. The summed E-state index contributed by atoms with van der Waals surface area (Å²) in [5.41, 5.74) is 7.43. The van der Waals surface area contributed by atoms with Gasteiger partial charge in [-0.25, -0.2) is 4.98 Å². The Labute approximate surface area is 97.2 Å². The summed E-state index contributed by atoms with van der Waals surface area (Å²) in [5, 5.41) is 4.39. The number of nitrogens with zero attached hydrogens (tertiary/aromatic N) is 5. The van der Waals surface area contributed by atoms with E-state index in [1.165, 1.54) is 0 Å². The maximum Gasteiger partial charge on any atom is 0.252 e. The molecule has 0 unspecified atom stereocenters. The zero-order valence-electron chi connectivity index (χ0n) is 8.98. The molecule has 0 saturated heterocycles. The standard InChI is InChI=1S/C11H10N6/c12-7-9-3-6-14-11-15-10(16-17(9)11)8-1-4-13-5-2-8/h1-6H,7,12H2. The van der Waals surface area contributed by atoms with Crippen molar-refractivity contribution in [3.63, 3.8) is 0 Å². The summed E-state index contributed by atoms with van der Waals surface area (Å²) in [6, 6.07) is 5.55. The fraction of sp³-hybridized carbons (Fsp3) is 0.0909. The number of pyridine rings is 1. The van der Waals surface area contributed by atoms with Crippen molar-refractivity contribution in [2.24, 2.45) is 5.73 Å². The Morgan fingerprint density at radius 2 is 1.94 bits per heavy atom. The number of nitrogens with two attached hydrogens (primary N) is 1. The highest BCUT2D eigenvalue weighted by Crippen LogP contribution is 2.14. The first-order valence-corrected chi connectivity index (χ1v) is 5.19. The normalized spacial score (nSPS) is 10.9. The topological polar surface area (TPSA) is 82.0 Å². The molecule has 0 aliphatic heterocycles. The minimum atomic E-state index is 0.401. The van der Waals surface area contributed by atoms with Gasteiger partial charge in [-0.2, -0.15) is 9.50 Å². The molecule has 0 aromatic carbocycles. The molecular formula is C11H10N6. The van der Waals surface area contributed by atoms with Gasteiger partial charge in [-0.05, 0) is 18.2 Å². The third kappa shape index (κ3) is 1.64. The van der Waals surface area contributed by atoms with E-state index in [1.54, 1.807) is 23.1 Å². The van der Waals surface area contributed by atoms with E-state index in [9.17, 15) is 0 Å². The summed E-state index contributed by atoms with van der Waals surface area (Å²) in [6.45, 7) is 0.401. The van der Waals surface area contributed by atoms with Gasteiger partial charge in [0, 0.05) is 30.7 Å². The van der Waals surface area contributed by atoms with Gasteiger partial charge in [-0.15, -0.1) is 5.10 Å². The van der Waals surface area contributed by atoms with Crippen molar-refractivity contribution in [3.05, 3.63) is 42.5 Å². The lowest BCUT2D eigenvalue weighted by Gasteiger charge is -1.97. The first kappa shape index (κ1) is 9.86. The molecule has 17 heavy (non-hydrogen) atoms. The predicted octanol–water partition coefficient (Wildman–Crippen LogP) is 0.645. The quantitative estimate of drug-likeness (QED) is 0.693. The Kier molecular flexibility index (Phi) is 2.27. The second-order valence-electron chi connectivity index (χ2n) is 3.52. The number of hydrogen-bond donors (Lipinski definition) is 1. The second-order valence-corrected chi connectivity index (χ2v) is 3.52. The molecule has 84 valence electrons. The van der Waals surface area contributed by atoms with Crippen LogP contribution in [0.15, 0.2) is 36.8 Å². The summed E-state index contributed by atoms with van der Waals surface area (Å²) >= 11 is 0. The van der Waals surface area contributed by atoms with Crippen LogP contribution in [0, 0.1) is 0 Å². The van der Waals surface area contributed by atoms with Gasteiger partial charge in [0.1, 0.15) is 0 Å². The third-order valence-electron chi connectivity index (χ3n) is 2.47. The van der Waals surface area contributed by atoms with Crippen LogP contribution in [0.2, 0.25) is 0 Å². The van der Waals surface area contributed by atoms with Gasteiger partial charge >= 0.3 is 0 Å². The largest absolute Gasteiger partial charge is 0.325 e. The minimum Gasteiger partial charge on any atom is -0.325 e. The molecule has 0 aliphatic rings. The minimum absolute atomic E-state index is 0.401. The van der Waals surface area contributed by atoms with Crippen LogP contribution in [0.4, 0.5) is 0 Å². The summed E-state index contributed by atoms with van der Waals surface area (Å²) in [7, 11) is 0. The molecule has 6 nitrogen and oxygen atoms in total. The Balaban J connectivity index is 2.20. The van der Waals surface area contributed by atoms with Crippen molar-refractivity contribution < 1.29 is 0 Å². The maximum absolute atomic E-state index is 5.64. The van der Waals surface area contributed by atoms with Crippen LogP contribution in [0.5, 0.6) is 0 Å². The predicted molar refractivity (Wildman–Crippen MR) is 61.9 cm³/mol. The Hall–Kier alpha value is -2.34. The van der Waals surface area contributed by atoms with E-state index in [1.807, 2.05) is 18.2 Å². The molecule has 0 spiro atoms. The van der Waals surface area contributed by atoms with Gasteiger partial charge in [0.05, 0.1) is 5.69 Å². The smallest absolute Gasteiger partial charge is 0.252 e. The van der Waals surface area contributed by atoms with Crippen molar-refractivity contribution in [2.45, 2.75) is 6.54 Å². The molecule has 0 atom stereocenters. The highest BCUT2D eigenvalue weighted by molar-refractivity contribution is 5.55. The third-order valence-corrected chi connectivity index (χ3v) is 2.47. The van der Waals surface area contributed by atoms with Crippen LogP contribution in [-0.4, -0.2) is 24.6 Å². The van der Waals surface area contributed by atoms with Crippen LogP contribution >= 0.6 is 0 Å². The number of rotatable bonds is 2. The van der Waals surface area contributed by atoms with Crippen molar-refractivity contribution in [1.82, 2.24) is 24.6 Å². The molecular weight excluding hydrogens is 216 g/mol. The second kappa shape index (κ2) is 3.91. The van der Waals surface area contributed by atoms with Crippen molar-refractivity contribution in [3.8, 4) is 11.4 Å². The average molecular weight is 226 g/mol. The average Bonchev–Trinajstić information content (AvgIpc) is 2.83. The molecule has 0 amide bonds. The molecule has 0 saturated carbocycles. The fourth-order valence-electron chi connectivity index (χ4n) is 1.62. The summed E-state index contributed by atoms with van der Waals surface area (Å²) < 4.78 is 1.66. The summed E-state index contributed by atoms with van der Waals surface area (Å²) in [4.78, 5) is 12.5. The van der Waals surface area contributed by atoms with Crippen molar-refractivity contribution in [1.29, 1.82) is 0 Å². The lowest BCUT2D eigenvalue weighted by atomic mass is 10.3. The van der Waals surface area contributed by atoms with E-state index in [0.29, 0.717) is 18.1 Å². The number of fused-ring (bicyclic) bond motifs is 1. The van der Waals surface area contributed by atoms with E-state index < -0.39 is 0 Å². The molecule has 0 bridgehead atoms. The zero-order chi connectivity index (χ0) is 11.7. The van der Waals surface area contributed by atoms with E-state index in [-0.39, 0.29) is 0 Å². The molecule has 3 aromatic rings. The van der Waals surface area contributed by atoms with E-state index in [0.717, 1.165) is 11.3 Å². The number of aromatic nitrogens is 5. The Morgan fingerprint density at radius 1 is 1.12 bits per heavy atom. The first-order valence-electron chi connectivity index (χ1n) is 5.19. The summed E-state index contributed by atoms with van der Waals surface area (Å²) in [5.74, 6) is 1.18. The molecule has 3 heterocycles. The highest BCUT2D eigenvalue weighted by atomic mass is 15.3. The lowest BCUT2D eigenvalue weighted by molar-refractivity contribution is 0.837.